The van der Waals surface area contributed by atoms with Gasteiger partial charge in [0, 0.05) is 33.4 Å². The summed E-state index contributed by atoms with van der Waals surface area (Å²) in [6.45, 7) is 7.15. The Morgan fingerprint density at radius 3 is 2.03 bits per heavy atom. The number of ether oxygens (including phenoxy) is 2. The molecule has 1 aromatic heterocycles. The summed E-state index contributed by atoms with van der Waals surface area (Å²) in [4.78, 5) is 1.36. The third kappa shape index (κ3) is 4.67. The maximum Gasteiger partial charge on any atom is 0.197 e. The lowest BCUT2D eigenvalue weighted by molar-refractivity contribution is -0.0717. The van der Waals surface area contributed by atoms with Gasteiger partial charge in [-0.25, -0.2) is 0 Å². The van der Waals surface area contributed by atoms with Crippen molar-refractivity contribution < 1.29 is 9.47 Å². The molecule has 2 nitrogen and oxygen atoms in total. The molecule has 1 aliphatic rings. The van der Waals surface area contributed by atoms with Crippen molar-refractivity contribution in [1.29, 1.82) is 0 Å². The van der Waals surface area contributed by atoms with Crippen molar-refractivity contribution >= 4 is 30.6 Å². The summed E-state index contributed by atoms with van der Waals surface area (Å²) in [5.74, 6) is 1.81. The fourth-order valence-corrected chi connectivity index (χ4v) is 7.96. The summed E-state index contributed by atoms with van der Waals surface area (Å²) in [5, 5.41) is 2.74. The van der Waals surface area contributed by atoms with Crippen LogP contribution in [-0.4, -0.2) is 12.9 Å². The topological polar surface area (TPSA) is 18.5 Å². The predicted octanol–water partition coefficient (Wildman–Crippen LogP) is 9.06. The van der Waals surface area contributed by atoms with Crippen molar-refractivity contribution in [1.82, 2.24) is 0 Å². The summed E-state index contributed by atoms with van der Waals surface area (Å²) in [5.41, 5.74) is 2.36. The van der Waals surface area contributed by atoms with E-state index < -0.39 is 0 Å². The van der Waals surface area contributed by atoms with E-state index in [0.717, 1.165) is 24.7 Å². The molecular formula is C30H35O2S+. The zero-order valence-electron chi connectivity index (χ0n) is 20.1. The Hall–Kier alpha value is -2.36. The van der Waals surface area contributed by atoms with Crippen LogP contribution in [0.2, 0.25) is 0 Å². The molecule has 3 heteroatoms. The second-order valence-corrected chi connectivity index (χ2v) is 11.5. The smallest absolute Gasteiger partial charge is 0.197 e. The summed E-state index contributed by atoms with van der Waals surface area (Å²) >= 11 is 0. The van der Waals surface area contributed by atoms with E-state index in [0.29, 0.717) is 0 Å². The highest BCUT2D eigenvalue weighted by Gasteiger charge is 2.25. The highest BCUT2D eigenvalue weighted by Crippen LogP contribution is 2.49. The van der Waals surface area contributed by atoms with Crippen molar-refractivity contribution in [3.63, 3.8) is 0 Å². The Morgan fingerprint density at radius 1 is 0.848 bits per heavy atom. The van der Waals surface area contributed by atoms with Crippen LogP contribution in [-0.2, 0) is 4.74 Å². The number of aryl methyl sites for hydroxylation is 2. The van der Waals surface area contributed by atoms with Gasteiger partial charge in [-0.2, -0.15) is 0 Å². The van der Waals surface area contributed by atoms with Crippen molar-refractivity contribution in [3.05, 3.63) is 71.8 Å². The lowest BCUT2D eigenvalue weighted by Crippen LogP contribution is -2.20. The van der Waals surface area contributed by atoms with E-state index in [4.69, 9.17) is 9.47 Å². The molecule has 1 atom stereocenters. The number of rotatable bonds is 7. The Bertz CT molecular complexity index is 1170. The lowest BCUT2D eigenvalue weighted by Gasteiger charge is -2.23. The largest absolute Gasteiger partial charge is 0.465 e. The summed E-state index contributed by atoms with van der Waals surface area (Å²) < 4.78 is 15.2. The van der Waals surface area contributed by atoms with E-state index in [2.05, 4.69) is 74.5 Å². The van der Waals surface area contributed by atoms with E-state index in [1.54, 1.807) is 0 Å². The molecule has 0 N–H and O–H groups in total. The molecule has 33 heavy (non-hydrogen) atoms. The second-order valence-electron chi connectivity index (χ2n) is 9.53. The SMILES string of the molecule is Cc1cc(-[s+]2c3ccccc3c3ccccc32)cc(C)c1OC(C)OCCC1CCCCC1. The van der Waals surface area contributed by atoms with Gasteiger partial charge in [0.25, 0.3) is 0 Å². The van der Waals surface area contributed by atoms with E-state index in [-0.39, 0.29) is 16.8 Å². The van der Waals surface area contributed by atoms with Gasteiger partial charge in [0.05, 0.1) is 6.61 Å². The van der Waals surface area contributed by atoms with Crippen LogP contribution in [0.25, 0.3) is 25.1 Å². The molecule has 3 aromatic carbocycles. The van der Waals surface area contributed by atoms with E-state index in [1.165, 1.54) is 68.3 Å². The van der Waals surface area contributed by atoms with Gasteiger partial charge in [-0.1, -0.05) is 56.4 Å². The van der Waals surface area contributed by atoms with Gasteiger partial charge in [0.2, 0.25) is 0 Å². The van der Waals surface area contributed by atoms with Crippen molar-refractivity contribution in [2.75, 3.05) is 6.61 Å². The fourth-order valence-electron chi connectivity index (χ4n) is 5.40. The zero-order valence-corrected chi connectivity index (χ0v) is 20.9. The molecule has 172 valence electrons. The van der Waals surface area contributed by atoms with Crippen molar-refractivity contribution in [2.45, 2.75) is 65.6 Å². The third-order valence-corrected chi connectivity index (χ3v) is 9.36. The van der Waals surface area contributed by atoms with Gasteiger partial charge in [-0.3, -0.25) is 0 Å². The molecule has 1 heterocycles. The second kappa shape index (κ2) is 9.87. The number of hydrogen-bond donors (Lipinski definition) is 0. The zero-order chi connectivity index (χ0) is 22.8. The Labute approximate surface area is 200 Å². The minimum Gasteiger partial charge on any atom is -0.465 e. The maximum absolute atomic E-state index is 6.30. The maximum atomic E-state index is 6.30. The molecule has 5 rings (SSSR count). The minimum atomic E-state index is -0.229. The molecule has 1 fully saturated rings. The standard InChI is InChI=1S/C30H35O2S/c1-21-19-25(33-28-15-9-7-13-26(28)27-14-8-10-16-29(27)33)20-22(2)30(21)32-23(3)31-18-17-24-11-5-4-6-12-24/h7-10,13-16,19-20,23-24H,4-6,11-12,17-18H2,1-3H3/q+1. The van der Waals surface area contributed by atoms with Crippen molar-refractivity contribution in [2.24, 2.45) is 5.92 Å². The summed E-state index contributed by atoms with van der Waals surface area (Å²) in [6, 6.07) is 22.3. The minimum absolute atomic E-state index is 0.0767. The molecule has 0 saturated heterocycles. The molecular weight excluding hydrogens is 424 g/mol. The molecule has 0 aliphatic heterocycles. The normalized spacial score (nSPS) is 15.8. The van der Waals surface area contributed by atoms with Crippen LogP contribution in [0, 0.1) is 19.8 Å². The predicted molar refractivity (Wildman–Crippen MR) is 142 cm³/mol. The number of benzene rings is 3. The highest BCUT2D eigenvalue weighted by molar-refractivity contribution is 7.50. The lowest BCUT2D eigenvalue weighted by atomic mass is 9.87. The van der Waals surface area contributed by atoms with E-state index >= 15 is 0 Å². The molecule has 1 aliphatic carbocycles. The molecule has 1 saturated carbocycles. The number of thiophene rings is 1. The first-order chi connectivity index (χ1) is 16.1. The molecule has 0 spiro atoms. The monoisotopic (exact) mass is 459 g/mol. The van der Waals surface area contributed by atoms with Gasteiger partial charge in [0.1, 0.15) is 5.75 Å². The van der Waals surface area contributed by atoms with Crippen LogP contribution in [0.4, 0.5) is 0 Å². The van der Waals surface area contributed by atoms with E-state index in [1.807, 2.05) is 6.92 Å². The molecule has 1 unspecified atom stereocenters. The molecule has 0 amide bonds. The van der Waals surface area contributed by atoms with Crippen LogP contribution >= 0.6 is 10.5 Å². The summed E-state index contributed by atoms with van der Waals surface area (Å²) in [6.07, 6.45) is 7.85. The van der Waals surface area contributed by atoms with E-state index in [9.17, 15) is 0 Å². The quantitative estimate of drug-likeness (QED) is 0.203. The van der Waals surface area contributed by atoms with Crippen LogP contribution < -0.4 is 4.74 Å². The Kier molecular flexibility index (Phi) is 6.71. The van der Waals surface area contributed by atoms with Gasteiger partial charge < -0.3 is 9.47 Å². The average Bonchev–Trinajstić information content (AvgIpc) is 3.16. The van der Waals surface area contributed by atoms with Crippen LogP contribution in [0.1, 0.15) is 56.6 Å². The van der Waals surface area contributed by atoms with Crippen molar-refractivity contribution in [3.8, 4) is 10.6 Å². The highest BCUT2D eigenvalue weighted by atomic mass is 32.2. The molecule has 0 radical (unpaired) electrons. The first-order valence-corrected chi connectivity index (χ1v) is 13.7. The molecule has 0 bridgehead atoms. The van der Waals surface area contributed by atoms with Gasteiger partial charge >= 0.3 is 0 Å². The fraction of sp³-hybridized carbons (Fsp3) is 0.400. The first-order valence-electron chi connectivity index (χ1n) is 12.4. The molecule has 4 aromatic rings. The van der Waals surface area contributed by atoms with Crippen LogP contribution in [0.15, 0.2) is 60.7 Å². The Morgan fingerprint density at radius 2 is 1.42 bits per heavy atom. The van der Waals surface area contributed by atoms with Crippen LogP contribution in [0.3, 0.4) is 0 Å². The Balaban J connectivity index is 1.37. The number of hydrogen-bond acceptors (Lipinski definition) is 2. The van der Waals surface area contributed by atoms with Gasteiger partial charge in [0.15, 0.2) is 20.6 Å². The number of fused-ring (bicyclic) bond motifs is 3. The van der Waals surface area contributed by atoms with Gasteiger partial charge in [-0.15, -0.1) is 0 Å². The first kappa shape index (κ1) is 22.4. The summed E-state index contributed by atoms with van der Waals surface area (Å²) in [7, 11) is -0.0767. The van der Waals surface area contributed by atoms with Crippen LogP contribution in [0.5, 0.6) is 5.75 Å². The van der Waals surface area contributed by atoms with Gasteiger partial charge in [-0.05, 0) is 68.5 Å². The third-order valence-electron chi connectivity index (χ3n) is 7.06. The average molecular weight is 460 g/mol.